The van der Waals surface area contributed by atoms with Gasteiger partial charge in [0.15, 0.2) is 0 Å². The average Bonchev–Trinajstić information content (AvgIpc) is 3.05. The molecule has 2 amide bonds. The largest absolute Gasteiger partial charge is 0.480 e. The van der Waals surface area contributed by atoms with Crippen LogP contribution < -0.4 is 0 Å². The third kappa shape index (κ3) is 2.81. The molecule has 0 saturated carbocycles. The van der Waals surface area contributed by atoms with Gasteiger partial charge in [0.2, 0.25) is 0 Å². The van der Waals surface area contributed by atoms with Crippen molar-refractivity contribution in [3.8, 4) is 0 Å². The first-order valence-electron chi connectivity index (χ1n) is 7.98. The van der Waals surface area contributed by atoms with Crippen LogP contribution in [-0.4, -0.2) is 55.4 Å². The minimum absolute atomic E-state index is 0.245. The number of aliphatic carboxylic acids is 1. The molecule has 0 radical (unpaired) electrons. The zero-order valence-corrected chi connectivity index (χ0v) is 14.1. The third-order valence-corrected chi connectivity index (χ3v) is 4.34. The van der Waals surface area contributed by atoms with Crippen LogP contribution in [0.4, 0.5) is 4.79 Å². The Balaban J connectivity index is 1.80. The number of amides is 2. The summed E-state index contributed by atoms with van der Waals surface area (Å²) in [5, 5.41) is 9.54. The number of carboxylic acids is 1. The Labute approximate surface area is 140 Å². The molecule has 3 rings (SSSR count). The second-order valence-corrected chi connectivity index (χ2v) is 7.17. The summed E-state index contributed by atoms with van der Waals surface area (Å²) in [4.78, 5) is 31.9. The molecule has 1 fully saturated rings. The number of carboxylic acid groups (broad SMARTS) is 1. The monoisotopic (exact) mass is 330 g/mol. The molecule has 0 aliphatic carbocycles. The summed E-state index contributed by atoms with van der Waals surface area (Å²) < 4.78 is 1.94. The number of hydrogen-bond acceptors (Lipinski definition) is 3. The first-order chi connectivity index (χ1) is 11.3. The molecule has 0 aromatic carbocycles. The number of carbonyl (C=O) groups is 2. The highest BCUT2D eigenvalue weighted by Crippen LogP contribution is 2.28. The molecule has 1 aliphatic rings. The summed E-state index contributed by atoms with van der Waals surface area (Å²) >= 11 is 0. The van der Waals surface area contributed by atoms with Gasteiger partial charge in [0, 0.05) is 19.3 Å². The van der Waals surface area contributed by atoms with Crippen molar-refractivity contribution in [2.45, 2.75) is 33.4 Å². The van der Waals surface area contributed by atoms with Crippen LogP contribution in [0.15, 0.2) is 30.6 Å². The number of imidazole rings is 1. The van der Waals surface area contributed by atoms with Gasteiger partial charge in [-0.2, -0.15) is 0 Å². The van der Waals surface area contributed by atoms with Crippen molar-refractivity contribution in [2.75, 3.05) is 13.1 Å². The van der Waals surface area contributed by atoms with Crippen molar-refractivity contribution in [1.29, 1.82) is 0 Å². The number of rotatable bonds is 4. The number of aromatic nitrogens is 2. The van der Waals surface area contributed by atoms with Crippen LogP contribution in [0.25, 0.3) is 5.52 Å². The van der Waals surface area contributed by atoms with E-state index >= 15 is 0 Å². The highest BCUT2D eigenvalue weighted by atomic mass is 16.4. The number of nitrogens with zero attached hydrogens (tertiary/aromatic N) is 4. The zero-order valence-electron chi connectivity index (χ0n) is 14.1. The van der Waals surface area contributed by atoms with Crippen molar-refractivity contribution in [2.24, 2.45) is 5.41 Å². The fourth-order valence-corrected chi connectivity index (χ4v) is 3.25. The molecule has 24 heavy (non-hydrogen) atoms. The summed E-state index contributed by atoms with van der Waals surface area (Å²) in [6, 6.07) is 4.71. The van der Waals surface area contributed by atoms with Crippen LogP contribution in [0.5, 0.6) is 0 Å². The Morgan fingerprint density at radius 2 is 2.08 bits per heavy atom. The lowest BCUT2D eigenvalue weighted by Crippen LogP contribution is -2.51. The molecular weight excluding hydrogens is 308 g/mol. The van der Waals surface area contributed by atoms with Gasteiger partial charge in [0.05, 0.1) is 18.3 Å². The molecule has 1 atom stereocenters. The quantitative estimate of drug-likeness (QED) is 0.931. The molecule has 0 unspecified atom stereocenters. The highest BCUT2D eigenvalue weighted by molar-refractivity contribution is 5.84. The van der Waals surface area contributed by atoms with E-state index in [0.29, 0.717) is 19.6 Å². The number of fused-ring (bicyclic) bond motifs is 1. The Kier molecular flexibility index (Phi) is 3.95. The molecule has 0 spiro atoms. The van der Waals surface area contributed by atoms with Gasteiger partial charge in [0.1, 0.15) is 11.9 Å². The van der Waals surface area contributed by atoms with Gasteiger partial charge in [-0.25, -0.2) is 14.6 Å². The van der Waals surface area contributed by atoms with Gasteiger partial charge in [-0.15, -0.1) is 0 Å². The number of pyridine rings is 1. The first-order valence-corrected chi connectivity index (χ1v) is 7.98. The second-order valence-electron chi connectivity index (χ2n) is 7.17. The maximum Gasteiger partial charge on any atom is 0.327 e. The number of urea groups is 1. The zero-order chi connectivity index (χ0) is 17.5. The second kappa shape index (κ2) is 5.81. The summed E-state index contributed by atoms with van der Waals surface area (Å²) in [7, 11) is 0. The fraction of sp³-hybridized carbons (Fsp3) is 0.471. The summed E-state index contributed by atoms with van der Waals surface area (Å²) in [5.41, 5.74) is 0.437. The van der Waals surface area contributed by atoms with Crippen LogP contribution in [0.1, 0.15) is 26.6 Å². The maximum absolute atomic E-state index is 12.7. The van der Waals surface area contributed by atoms with Crippen LogP contribution in [0.2, 0.25) is 0 Å². The van der Waals surface area contributed by atoms with Gasteiger partial charge in [-0.1, -0.05) is 26.8 Å². The highest BCUT2D eigenvalue weighted by Gasteiger charge is 2.43. The SMILES string of the molecule is CC(C)(C)[C@@H](C(=O)O)N1CCN(Cc2ncc3ccccn23)C1=O. The molecule has 2 aromatic rings. The van der Waals surface area contributed by atoms with Gasteiger partial charge < -0.3 is 19.3 Å². The minimum Gasteiger partial charge on any atom is -0.480 e. The standard InChI is InChI=1S/C17H22N4O3/c1-17(2,3)14(15(22)23)21-9-8-19(16(21)24)11-13-18-10-12-6-4-5-7-20(12)13/h4-7,10,14H,8-9,11H2,1-3H3,(H,22,23)/t14-/m1/s1. The Bertz CT molecular complexity index is 777. The van der Waals surface area contributed by atoms with E-state index in [1.807, 2.05) is 49.6 Å². The molecule has 128 valence electrons. The van der Waals surface area contributed by atoms with E-state index in [0.717, 1.165) is 11.3 Å². The topological polar surface area (TPSA) is 78.2 Å². The van der Waals surface area contributed by atoms with Crippen molar-refractivity contribution >= 4 is 17.5 Å². The molecule has 1 aliphatic heterocycles. The van der Waals surface area contributed by atoms with Crippen molar-refractivity contribution in [3.63, 3.8) is 0 Å². The summed E-state index contributed by atoms with van der Waals surface area (Å²) in [6.07, 6.45) is 3.67. The summed E-state index contributed by atoms with van der Waals surface area (Å²) in [6.45, 7) is 6.79. The molecule has 3 heterocycles. The maximum atomic E-state index is 12.7. The minimum atomic E-state index is -0.969. The van der Waals surface area contributed by atoms with E-state index in [4.69, 9.17) is 0 Å². The van der Waals surface area contributed by atoms with E-state index in [9.17, 15) is 14.7 Å². The lowest BCUT2D eigenvalue weighted by Gasteiger charge is -2.34. The Hall–Kier alpha value is -2.57. The van der Waals surface area contributed by atoms with Crippen LogP contribution in [-0.2, 0) is 11.3 Å². The normalized spacial score (nSPS) is 16.9. The van der Waals surface area contributed by atoms with E-state index in [1.54, 1.807) is 11.1 Å². The lowest BCUT2D eigenvalue weighted by atomic mass is 9.86. The van der Waals surface area contributed by atoms with Crippen molar-refractivity contribution < 1.29 is 14.7 Å². The van der Waals surface area contributed by atoms with E-state index < -0.39 is 17.4 Å². The van der Waals surface area contributed by atoms with Crippen molar-refractivity contribution in [1.82, 2.24) is 19.2 Å². The molecule has 7 nitrogen and oxygen atoms in total. The van der Waals surface area contributed by atoms with E-state index in [2.05, 4.69) is 4.98 Å². The van der Waals surface area contributed by atoms with Crippen LogP contribution >= 0.6 is 0 Å². The molecule has 1 N–H and O–H groups in total. The average molecular weight is 330 g/mol. The fourth-order valence-electron chi connectivity index (χ4n) is 3.25. The van der Waals surface area contributed by atoms with Crippen molar-refractivity contribution in [3.05, 3.63) is 36.4 Å². The van der Waals surface area contributed by atoms with Gasteiger partial charge in [-0.05, 0) is 17.5 Å². The summed E-state index contributed by atoms with van der Waals surface area (Å²) in [5.74, 6) is -0.201. The van der Waals surface area contributed by atoms with E-state index in [-0.39, 0.29) is 6.03 Å². The molecular formula is C17H22N4O3. The Morgan fingerprint density at radius 1 is 1.33 bits per heavy atom. The van der Waals surface area contributed by atoms with Gasteiger partial charge in [0.25, 0.3) is 0 Å². The molecule has 0 bridgehead atoms. The van der Waals surface area contributed by atoms with Gasteiger partial charge >= 0.3 is 12.0 Å². The smallest absolute Gasteiger partial charge is 0.327 e. The first kappa shape index (κ1) is 16.3. The van der Waals surface area contributed by atoms with Gasteiger partial charge in [-0.3, -0.25) is 0 Å². The third-order valence-electron chi connectivity index (χ3n) is 4.34. The molecule has 1 saturated heterocycles. The predicted molar refractivity (Wildman–Crippen MR) is 88.6 cm³/mol. The van der Waals surface area contributed by atoms with E-state index in [1.165, 1.54) is 4.90 Å². The predicted octanol–water partition coefficient (Wildman–Crippen LogP) is 2.07. The molecule has 7 heteroatoms. The Morgan fingerprint density at radius 3 is 2.75 bits per heavy atom. The number of carbonyl (C=O) groups excluding carboxylic acids is 1. The lowest BCUT2D eigenvalue weighted by molar-refractivity contribution is -0.145. The van der Waals surface area contributed by atoms with Crippen LogP contribution in [0.3, 0.4) is 0 Å². The van der Waals surface area contributed by atoms with Crippen LogP contribution in [0, 0.1) is 5.41 Å². The number of hydrogen-bond donors (Lipinski definition) is 1. The molecule has 2 aromatic heterocycles.